The maximum Gasteiger partial charge on any atom is 0.230 e. The molecule has 0 aliphatic heterocycles. The molecule has 0 bridgehead atoms. The second-order valence-electron chi connectivity index (χ2n) is 6.43. The van der Waals surface area contributed by atoms with Gasteiger partial charge in [-0.15, -0.1) is 16.4 Å². The number of para-hydroxylation sites is 1. The molecular formula is C20H17FN6OS2. The fourth-order valence-electron chi connectivity index (χ4n) is 2.83. The molecule has 0 spiro atoms. The first-order valence-electron chi connectivity index (χ1n) is 9.01. The molecule has 152 valence electrons. The number of anilines is 2. The molecule has 0 atom stereocenters. The summed E-state index contributed by atoms with van der Waals surface area (Å²) in [5.74, 6) is -0.278. The number of thiazole rings is 1. The van der Waals surface area contributed by atoms with Crippen LogP contribution in [0.3, 0.4) is 0 Å². The van der Waals surface area contributed by atoms with Gasteiger partial charge in [0, 0.05) is 18.1 Å². The maximum absolute atomic E-state index is 14.2. The van der Waals surface area contributed by atoms with Crippen LogP contribution in [0.5, 0.6) is 0 Å². The Hall–Kier alpha value is -3.11. The number of halogens is 1. The molecule has 2 aromatic carbocycles. The summed E-state index contributed by atoms with van der Waals surface area (Å²) in [6, 6.07) is 14.0. The number of carbonyl (C=O) groups is 1. The Labute approximate surface area is 180 Å². The lowest BCUT2D eigenvalue weighted by Gasteiger charge is -2.18. The summed E-state index contributed by atoms with van der Waals surface area (Å²) in [6.45, 7) is 3.39. The molecule has 2 aromatic heterocycles. The van der Waals surface area contributed by atoms with Crippen LogP contribution in [0.25, 0.3) is 5.69 Å². The Kier molecular flexibility index (Phi) is 5.86. The minimum atomic E-state index is -0.476. The summed E-state index contributed by atoms with van der Waals surface area (Å²) in [5.41, 5.74) is 2.92. The van der Waals surface area contributed by atoms with Crippen LogP contribution in [0.4, 0.5) is 15.2 Å². The highest BCUT2D eigenvalue weighted by Gasteiger charge is 2.21. The Morgan fingerprint density at radius 3 is 2.83 bits per heavy atom. The van der Waals surface area contributed by atoms with E-state index >= 15 is 0 Å². The van der Waals surface area contributed by atoms with E-state index in [1.165, 1.54) is 41.0 Å². The first-order valence-corrected chi connectivity index (χ1v) is 10.9. The summed E-state index contributed by atoms with van der Waals surface area (Å²) in [7, 11) is 0. The standard InChI is InChI=1S/C20H17FN6OS2/c1-13-6-5-7-16(10-13)27-20(23-24-25-27)30-12-15-11-29-19(22-15)26(14(2)28)18-9-4-3-8-17(18)21/h3-11H,12H2,1-2H3. The van der Waals surface area contributed by atoms with Crippen LogP contribution in [0, 0.1) is 12.7 Å². The summed E-state index contributed by atoms with van der Waals surface area (Å²) in [4.78, 5) is 18.0. The Balaban J connectivity index is 1.53. The minimum Gasteiger partial charge on any atom is -0.274 e. The van der Waals surface area contributed by atoms with Gasteiger partial charge in [0.25, 0.3) is 0 Å². The Morgan fingerprint density at radius 2 is 2.07 bits per heavy atom. The largest absolute Gasteiger partial charge is 0.274 e. The summed E-state index contributed by atoms with van der Waals surface area (Å²) in [6.07, 6.45) is 0. The van der Waals surface area contributed by atoms with E-state index in [2.05, 4.69) is 20.5 Å². The molecule has 0 fully saturated rings. The van der Waals surface area contributed by atoms with Gasteiger partial charge in [-0.05, 0) is 47.2 Å². The quantitative estimate of drug-likeness (QED) is 0.410. The molecule has 0 aliphatic rings. The van der Waals surface area contributed by atoms with Gasteiger partial charge in [-0.3, -0.25) is 9.69 Å². The van der Waals surface area contributed by atoms with Crippen molar-refractivity contribution in [3.63, 3.8) is 0 Å². The lowest BCUT2D eigenvalue weighted by molar-refractivity contribution is -0.115. The van der Waals surface area contributed by atoms with Gasteiger partial charge in [-0.2, -0.15) is 4.68 Å². The highest BCUT2D eigenvalue weighted by Crippen LogP contribution is 2.32. The van der Waals surface area contributed by atoms with Gasteiger partial charge in [0.2, 0.25) is 11.1 Å². The minimum absolute atomic E-state index is 0.182. The van der Waals surface area contributed by atoms with Crippen LogP contribution >= 0.6 is 23.1 Å². The topological polar surface area (TPSA) is 76.8 Å². The normalized spacial score (nSPS) is 10.9. The first-order chi connectivity index (χ1) is 14.5. The molecule has 0 radical (unpaired) electrons. The van der Waals surface area contributed by atoms with Crippen LogP contribution in [-0.4, -0.2) is 31.1 Å². The lowest BCUT2D eigenvalue weighted by Crippen LogP contribution is -2.23. The third-order valence-electron chi connectivity index (χ3n) is 4.18. The fraction of sp³-hybridized carbons (Fsp3) is 0.150. The molecule has 30 heavy (non-hydrogen) atoms. The van der Waals surface area contributed by atoms with E-state index in [9.17, 15) is 9.18 Å². The zero-order valence-electron chi connectivity index (χ0n) is 16.2. The zero-order valence-corrected chi connectivity index (χ0v) is 17.8. The molecule has 10 heteroatoms. The number of aromatic nitrogens is 5. The summed E-state index contributed by atoms with van der Waals surface area (Å²) in [5, 5.41) is 14.8. The average Bonchev–Trinajstić information content (AvgIpc) is 3.37. The number of aryl methyl sites for hydroxylation is 1. The van der Waals surface area contributed by atoms with Crippen molar-refractivity contribution in [3.8, 4) is 5.69 Å². The fourth-order valence-corrected chi connectivity index (χ4v) is 4.60. The zero-order chi connectivity index (χ0) is 21.1. The number of tetrazole rings is 1. The van der Waals surface area contributed by atoms with Crippen molar-refractivity contribution in [2.75, 3.05) is 4.90 Å². The van der Waals surface area contributed by atoms with Crippen LogP contribution < -0.4 is 4.90 Å². The van der Waals surface area contributed by atoms with Gasteiger partial charge in [0.05, 0.1) is 17.1 Å². The molecule has 0 saturated heterocycles. The Bertz CT molecular complexity index is 1190. The van der Waals surface area contributed by atoms with Gasteiger partial charge in [-0.1, -0.05) is 36.0 Å². The predicted octanol–water partition coefficient (Wildman–Crippen LogP) is 4.54. The number of benzene rings is 2. The number of carbonyl (C=O) groups excluding carboxylic acids is 1. The highest BCUT2D eigenvalue weighted by molar-refractivity contribution is 7.98. The molecule has 2 heterocycles. The van der Waals surface area contributed by atoms with E-state index in [4.69, 9.17) is 0 Å². The average molecular weight is 441 g/mol. The molecular weight excluding hydrogens is 423 g/mol. The Morgan fingerprint density at radius 1 is 1.23 bits per heavy atom. The maximum atomic E-state index is 14.2. The van der Waals surface area contributed by atoms with Crippen molar-refractivity contribution in [2.24, 2.45) is 0 Å². The molecule has 1 amide bonds. The number of hydrogen-bond acceptors (Lipinski definition) is 7. The highest BCUT2D eigenvalue weighted by atomic mass is 32.2. The first kappa shape index (κ1) is 20.2. The van der Waals surface area contributed by atoms with Crippen molar-refractivity contribution >= 4 is 39.8 Å². The summed E-state index contributed by atoms with van der Waals surface area (Å²) >= 11 is 2.72. The van der Waals surface area contributed by atoms with Gasteiger partial charge in [0.15, 0.2) is 5.13 Å². The molecule has 4 rings (SSSR count). The van der Waals surface area contributed by atoms with Crippen molar-refractivity contribution in [2.45, 2.75) is 24.8 Å². The van der Waals surface area contributed by atoms with Gasteiger partial charge >= 0.3 is 0 Å². The number of thioether (sulfide) groups is 1. The van der Waals surface area contributed by atoms with E-state index in [1.54, 1.807) is 22.9 Å². The van der Waals surface area contributed by atoms with Crippen molar-refractivity contribution in [1.82, 2.24) is 25.2 Å². The van der Waals surface area contributed by atoms with E-state index in [-0.39, 0.29) is 11.6 Å². The van der Waals surface area contributed by atoms with E-state index in [0.717, 1.165) is 16.9 Å². The van der Waals surface area contributed by atoms with Crippen LogP contribution in [0.1, 0.15) is 18.2 Å². The monoisotopic (exact) mass is 440 g/mol. The number of hydrogen-bond donors (Lipinski definition) is 0. The van der Waals surface area contributed by atoms with Crippen LogP contribution in [0.15, 0.2) is 59.1 Å². The van der Waals surface area contributed by atoms with Crippen molar-refractivity contribution < 1.29 is 9.18 Å². The van der Waals surface area contributed by atoms with Crippen LogP contribution in [-0.2, 0) is 10.5 Å². The third kappa shape index (κ3) is 4.24. The van der Waals surface area contributed by atoms with E-state index in [1.807, 2.05) is 36.6 Å². The van der Waals surface area contributed by atoms with E-state index < -0.39 is 5.82 Å². The van der Waals surface area contributed by atoms with Gasteiger partial charge in [-0.25, -0.2) is 9.37 Å². The van der Waals surface area contributed by atoms with Crippen molar-refractivity contribution in [3.05, 3.63) is 71.0 Å². The molecule has 0 N–H and O–H groups in total. The molecule has 0 aliphatic carbocycles. The molecule has 7 nitrogen and oxygen atoms in total. The number of nitrogens with zero attached hydrogens (tertiary/aromatic N) is 6. The van der Waals surface area contributed by atoms with Gasteiger partial charge < -0.3 is 0 Å². The van der Waals surface area contributed by atoms with Crippen LogP contribution in [0.2, 0.25) is 0 Å². The number of amides is 1. The second kappa shape index (κ2) is 8.72. The van der Waals surface area contributed by atoms with E-state index in [0.29, 0.717) is 16.0 Å². The van der Waals surface area contributed by atoms with Gasteiger partial charge in [0.1, 0.15) is 5.82 Å². The predicted molar refractivity (Wildman–Crippen MR) is 115 cm³/mol. The molecule has 0 unspecified atom stereocenters. The van der Waals surface area contributed by atoms with Crippen molar-refractivity contribution in [1.29, 1.82) is 0 Å². The summed E-state index contributed by atoms with van der Waals surface area (Å²) < 4.78 is 15.9. The SMILES string of the molecule is CC(=O)N(c1nc(CSc2nnnn2-c2cccc(C)c2)cs1)c1ccccc1F. The number of rotatable bonds is 6. The molecule has 4 aromatic rings. The molecule has 0 saturated carbocycles. The smallest absolute Gasteiger partial charge is 0.230 e. The lowest BCUT2D eigenvalue weighted by atomic mass is 10.2. The second-order valence-corrected chi connectivity index (χ2v) is 8.21. The third-order valence-corrected chi connectivity index (χ3v) is 6.00.